The number of allylic oxidation sites excluding steroid dienone is 2. The van der Waals surface area contributed by atoms with E-state index >= 15 is 0 Å². The van der Waals surface area contributed by atoms with Crippen LogP contribution in [0, 0.1) is 12.8 Å². The predicted molar refractivity (Wildman–Crippen MR) is 59.7 cm³/mol. The Morgan fingerprint density at radius 3 is 2.38 bits per heavy atom. The van der Waals surface area contributed by atoms with Crippen molar-refractivity contribution in [2.75, 3.05) is 0 Å². The summed E-state index contributed by atoms with van der Waals surface area (Å²) in [7, 11) is -0.164. The monoisotopic (exact) mass is 189 g/mol. The number of pyridine rings is 1. The molecule has 1 aromatic heterocycles. The molecule has 1 aromatic rings. The Balaban J connectivity index is 0.000000396. The number of aromatic nitrogens is 1. The molecule has 1 aliphatic heterocycles. The second-order valence-electron chi connectivity index (χ2n) is 2.30. The summed E-state index contributed by atoms with van der Waals surface area (Å²) in [6.07, 6.45) is 15.9. The van der Waals surface area contributed by atoms with E-state index in [0.717, 1.165) is 0 Å². The molecular weight excluding hydrogens is 178 g/mol. The summed E-state index contributed by atoms with van der Waals surface area (Å²) >= 11 is 0. The first kappa shape index (κ1) is 9.63. The van der Waals surface area contributed by atoms with Gasteiger partial charge in [-0.05, 0) is 22.9 Å². The van der Waals surface area contributed by atoms with Crippen molar-refractivity contribution in [3.63, 3.8) is 0 Å². The number of nitrogens with zero attached hydrogens (tertiary/aromatic N) is 1. The van der Waals surface area contributed by atoms with Crippen molar-refractivity contribution in [3.05, 3.63) is 47.5 Å². The fraction of sp³-hybridized carbons (Fsp3) is 0. The average Bonchev–Trinajstić information content (AvgIpc) is 2.75. The van der Waals surface area contributed by atoms with Crippen LogP contribution in [0.15, 0.2) is 52.4 Å². The molecule has 2 heterocycles. The summed E-state index contributed by atoms with van der Waals surface area (Å²) in [6.45, 7) is 0. The molecule has 0 fully saturated rings. The zero-order chi connectivity index (χ0) is 9.52. The van der Waals surface area contributed by atoms with Gasteiger partial charge in [0.15, 0.2) is 0 Å². The summed E-state index contributed by atoms with van der Waals surface area (Å²) < 4.78 is 0. The van der Waals surface area contributed by atoms with Gasteiger partial charge < -0.3 is 0 Å². The summed E-state index contributed by atoms with van der Waals surface area (Å²) in [4.78, 5) is 5.40. The molecule has 0 bridgehead atoms. The smallest absolute Gasteiger partial charge is 0.0392 e. The highest BCUT2D eigenvalue weighted by Gasteiger charge is 2.00. The summed E-state index contributed by atoms with van der Waals surface area (Å²) in [5.74, 6) is 0. The van der Waals surface area contributed by atoms with E-state index in [1.54, 1.807) is 0 Å². The van der Waals surface area contributed by atoms with Crippen LogP contribution in [0.25, 0.3) is 0 Å². The van der Waals surface area contributed by atoms with E-state index in [-0.39, 0.29) is 10.9 Å². The minimum atomic E-state index is -0.164. The Morgan fingerprint density at radius 2 is 1.85 bits per heavy atom. The molecule has 0 N–H and O–H groups in total. The highest BCUT2D eigenvalue weighted by molar-refractivity contribution is 8.22. The minimum absolute atomic E-state index is 0.164. The van der Waals surface area contributed by atoms with Crippen LogP contribution in [0.4, 0.5) is 0 Å². The maximum absolute atomic E-state index is 4.08. The molecule has 0 spiro atoms. The van der Waals surface area contributed by atoms with Crippen LogP contribution in [-0.4, -0.2) is 4.98 Å². The molecule has 0 saturated heterocycles. The molecule has 0 aliphatic carbocycles. The van der Waals surface area contributed by atoms with Crippen LogP contribution in [-0.2, 0) is 0 Å². The molecule has 13 heavy (non-hydrogen) atoms. The maximum atomic E-state index is 4.08. The number of rotatable bonds is 1. The molecule has 1 nitrogen and oxygen atoms in total. The number of hydrogen-bond donors (Lipinski definition) is 1. The first-order valence-corrected chi connectivity index (χ1v) is 5.31. The van der Waals surface area contributed by atoms with Gasteiger partial charge in [0, 0.05) is 17.3 Å². The van der Waals surface area contributed by atoms with Gasteiger partial charge in [0.2, 0.25) is 0 Å². The second kappa shape index (κ2) is 5.23. The lowest BCUT2D eigenvalue weighted by molar-refractivity contribution is 1.24. The fourth-order valence-corrected chi connectivity index (χ4v) is 2.48. The van der Waals surface area contributed by atoms with Crippen molar-refractivity contribution >= 4 is 10.9 Å². The molecule has 0 amide bonds. The van der Waals surface area contributed by atoms with Crippen molar-refractivity contribution in [3.8, 4) is 12.8 Å². The van der Waals surface area contributed by atoms with Crippen LogP contribution in [0.3, 0.4) is 0 Å². The van der Waals surface area contributed by atoms with Crippen molar-refractivity contribution in [1.29, 1.82) is 0 Å². The molecule has 0 unspecified atom stereocenters. The molecule has 2 rings (SSSR count). The Kier molecular flexibility index (Phi) is 3.87. The SMILES string of the molecule is C#C.C1=C[SH](c2cccnc2)C=C1. The van der Waals surface area contributed by atoms with E-state index in [1.165, 1.54) is 4.90 Å². The largest absolute Gasteiger partial charge is 0.264 e. The molecule has 66 valence electrons. The number of thiol groups is 1. The molecule has 0 atom stereocenters. The van der Waals surface area contributed by atoms with Crippen LogP contribution in [0.5, 0.6) is 0 Å². The first-order chi connectivity index (χ1) is 6.47. The van der Waals surface area contributed by atoms with E-state index in [1.807, 2.05) is 18.5 Å². The average molecular weight is 189 g/mol. The zero-order valence-electron chi connectivity index (χ0n) is 7.17. The lowest BCUT2D eigenvalue weighted by atomic mass is 10.5. The summed E-state index contributed by atoms with van der Waals surface area (Å²) in [5.41, 5.74) is 0. The van der Waals surface area contributed by atoms with E-state index < -0.39 is 0 Å². The normalized spacial score (nSPS) is 15.1. The minimum Gasteiger partial charge on any atom is -0.264 e. The maximum Gasteiger partial charge on any atom is 0.0392 e. The standard InChI is InChI=1S/C9H9NS.C2H2/c1-2-7-11(6-1)9-4-3-5-10-8-9;1-2/h1-8,11H;1-2H. The summed E-state index contributed by atoms with van der Waals surface area (Å²) in [5, 5.41) is 4.46. The van der Waals surface area contributed by atoms with Crippen molar-refractivity contribution in [1.82, 2.24) is 4.98 Å². The zero-order valence-corrected chi connectivity index (χ0v) is 8.06. The quantitative estimate of drug-likeness (QED) is 0.529. The van der Waals surface area contributed by atoms with Gasteiger partial charge in [0.1, 0.15) is 0 Å². The second-order valence-corrected chi connectivity index (χ2v) is 4.23. The highest BCUT2D eigenvalue weighted by atomic mass is 32.2. The molecule has 0 saturated carbocycles. The van der Waals surface area contributed by atoms with Crippen LogP contribution in [0.1, 0.15) is 0 Å². The lowest BCUT2D eigenvalue weighted by Crippen LogP contribution is -1.75. The Morgan fingerprint density at radius 1 is 1.15 bits per heavy atom. The number of terminal acetylenes is 1. The van der Waals surface area contributed by atoms with Crippen molar-refractivity contribution < 1.29 is 0 Å². The van der Waals surface area contributed by atoms with Gasteiger partial charge in [-0.25, -0.2) is 0 Å². The molecule has 0 aromatic carbocycles. The predicted octanol–water partition coefficient (Wildman–Crippen LogP) is 2.73. The third-order valence-electron chi connectivity index (χ3n) is 1.55. The van der Waals surface area contributed by atoms with Gasteiger partial charge in [-0.3, -0.25) is 4.98 Å². The van der Waals surface area contributed by atoms with Crippen LogP contribution < -0.4 is 0 Å². The fourth-order valence-electron chi connectivity index (χ4n) is 1.01. The van der Waals surface area contributed by atoms with Gasteiger partial charge in [0.25, 0.3) is 0 Å². The van der Waals surface area contributed by atoms with Gasteiger partial charge in [0.05, 0.1) is 0 Å². The van der Waals surface area contributed by atoms with E-state index in [4.69, 9.17) is 0 Å². The Labute approximate surface area is 81.6 Å². The topological polar surface area (TPSA) is 12.9 Å². The first-order valence-electron chi connectivity index (χ1n) is 3.83. The third-order valence-corrected chi connectivity index (χ3v) is 3.40. The molecule has 0 radical (unpaired) electrons. The summed E-state index contributed by atoms with van der Waals surface area (Å²) in [6, 6.07) is 4.11. The van der Waals surface area contributed by atoms with Gasteiger partial charge in [-0.2, -0.15) is 10.9 Å². The lowest BCUT2D eigenvalue weighted by Gasteiger charge is -2.07. The highest BCUT2D eigenvalue weighted by Crippen LogP contribution is 2.40. The third kappa shape index (κ3) is 2.50. The van der Waals surface area contributed by atoms with E-state index in [0.29, 0.717) is 0 Å². The van der Waals surface area contributed by atoms with E-state index in [9.17, 15) is 0 Å². The molecular formula is C11H11NS. The van der Waals surface area contributed by atoms with Crippen LogP contribution >= 0.6 is 10.9 Å². The Bertz CT molecular complexity index is 312. The van der Waals surface area contributed by atoms with Gasteiger partial charge in [-0.15, -0.1) is 12.8 Å². The van der Waals surface area contributed by atoms with Crippen molar-refractivity contribution in [2.45, 2.75) is 4.90 Å². The molecule has 1 aliphatic rings. The number of hydrogen-bond acceptors (Lipinski definition) is 1. The van der Waals surface area contributed by atoms with Gasteiger partial charge >= 0.3 is 0 Å². The van der Waals surface area contributed by atoms with Crippen molar-refractivity contribution in [2.24, 2.45) is 0 Å². The Hall–Kier alpha value is -1.46. The molecule has 2 heteroatoms. The van der Waals surface area contributed by atoms with E-state index in [2.05, 4.69) is 46.9 Å². The van der Waals surface area contributed by atoms with Gasteiger partial charge in [-0.1, -0.05) is 12.2 Å². The van der Waals surface area contributed by atoms with Crippen LogP contribution in [0.2, 0.25) is 0 Å².